The van der Waals surface area contributed by atoms with Crippen LogP contribution in [0, 0.1) is 22.7 Å². The number of furan rings is 1. The van der Waals surface area contributed by atoms with E-state index in [1.54, 1.807) is 12.1 Å². The minimum Gasteiger partial charge on any atom is -0.465 e. The molecule has 0 aliphatic carbocycles. The van der Waals surface area contributed by atoms with Crippen molar-refractivity contribution in [2.75, 3.05) is 12.3 Å². The molecule has 2 aromatic heterocycles. The van der Waals surface area contributed by atoms with Crippen molar-refractivity contribution in [1.82, 2.24) is 9.78 Å². The minimum absolute atomic E-state index is 0.109. The molecule has 0 aromatic carbocycles. The van der Waals surface area contributed by atoms with Crippen LogP contribution in [-0.4, -0.2) is 21.5 Å². The lowest BCUT2D eigenvalue weighted by Gasteiger charge is -1.98. The second-order valence-corrected chi connectivity index (χ2v) is 3.85. The van der Waals surface area contributed by atoms with Crippen molar-refractivity contribution in [1.29, 1.82) is 10.5 Å². The Labute approximate surface area is 114 Å². The molecule has 100 valence electrons. The lowest BCUT2D eigenvalue weighted by atomic mass is 10.1. The highest BCUT2D eigenvalue weighted by molar-refractivity contribution is 5.90. The Morgan fingerprint density at radius 2 is 2.35 bits per heavy atom. The Bertz CT molecular complexity index is 713. The summed E-state index contributed by atoms with van der Waals surface area (Å²) in [5.41, 5.74) is 6.23. The molecule has 0 radical (unpaired) electrons. The van der Waals surface area contributed by atoms with Gasteiger partial charge in [0.25, 0.3) is 0 Å². The van der Waals surface area contributed by atoms with Crippen LogP contribution < -0.4 is 5.73 Å². The van der Waals surface area contributed by atoms with E-state index in [9.17, 15) is 5.26 Å². The standard InChI is InChI=1S/C13H11N5O2/c14-7-9(6-10-2-1-5-20-10)12-11(8-15)13(16)18(17-12)3-4-19/h1-2,5-6,19H,3-4,16H2/b9-6-. The van der Waals surface area contributed by atoms with Gasteiger partial charge in [0.2, 0.25) is 0 Å². The van der Waals surface area contributed by atoms with E-state index >= 15 is 0 Å². The van der Waals surface area contributed by atoms with Crippen LogP contribution in [0.2, 0.25) is 0 Å². The zero-order valence-electron chi connectivity index (χ0n) is 10.4. The topological polar surface area (TPSA) is 125 Å². The number of rotatable bonds is 4. The number of nitrogens with zero attached hydrogens (tertiary/aromatic N) is 4. The number of hydrogen-bond acceptors (Lipinski definition) is 6. The summed E-state index contributed by atoms with van der Waals surface area (Å²) in [4.78, 5) is 0. The van der Waals surface area contributed by atoms with Crippen molar-refractivity contribution >= 4 is 17.5 Å². The zero-order chi connectivity index (χ0) is 14.5. The number of nitriles is 2. The molecule has 7 heteroatoms. The molecule has 2 heterocycles. The predicted octanol–water partition coefficient (Wildman–Crippen LogP) is 0.986. The van der Waals surface area contributed by atoms with Crippen molar-refractivity contribution in [2.24, 2.45) is 0 Å². The zero-order valence-corrected chi connectivity index (χ0v) is 10.4. The van der Waals surface area contributed by atoms with Gasteiger partial charge in [-0.25, -0.2) is 4.68 Å². The Kier molecular flexibility index (Phi) is 3.85. The fourth-order valence-corrected chi connectivity index (χ4v) is 1.71. The molecule has 0 bridgehead atoms. The smallest absolute Gasteiger partial charge is 0.140 e. The average Bonchev–Trinajstić information content (AvgIpc) is 3.05. The molecule has 0 fully saturated rings. The van der Waals surface area contributed by atoms with Crippen LogP contribution >= 0.6 is 0 Å². The van der Waals surface area contributed by atoms with Crippen LogP contribution in [0.5, 0.6) is 0 Å². The monoisotopic (exact) mass is 269 g/mol. The summed E-state index contributed by atoms with van der Waals surface area (Å²) < 4.78 is 6.42. The van der Waals surface area contributed by atoms with Gasteiger partial charge in [-0.3, -0.25) is 0 Å². The van der Waals surface area contributed by atoms with Crippen molar-refractivity contribution in [3.63, 3.8) is 0 Å². The Morgan fingerprint density at radius 1 is 1.55 bits per heavy atom. The average molecular weight is 269 g/mol. The third-order valence-electron chi connectivity index (χ3n) is 2.62. The molecule has 0 saturated heterocycles. The van der Waals surface area contributed by atoms with Gasteiger partial charge >= 0.3 is 0 Å². The third-order valence-corrected chi connectivity index (χ3v) is 2.62. The van der Waals surface area contributed by atoms with Crippen molar-refractivity contribution in [3.05, 3.63) is 35.4 Å². The molecule has 2 rings (SSSR count). The third kappa shape index (κ3) is 2.39. The van der Waals surface area contributed by atoms with Gasteiger partial charge in [-0.15, -0.1) is 0 Å². The van der Waals surface area contributed by atoms with Gasteiger partial charge < -0.3 is 15.3 Å². The number of nitrogen functional groups attached to an aromatic ring is 1. The lowest BCUT2D eigenvalue weighted by Crippen LogP contribution is -2.07. The summed E-state index contributed by atoms with van der Waals surface area (Å²) in [7, 11) is 0. The summed E-state index contributed by atoms with van der Waals surface area (Å²) in [5.74, 6) is 0.595. The second-order valence-electron chi connectivity index (χ2n) is 3.85. The van der Waals surface area contributed by atoms with E-state index in [2.05, 4.69) is 5.10 Å². The first-order valence-electron chi connectivity index (χ1n) is 5.74. The number of aromatic nitrogens is 2. The van der Waals surface area contributed by atoms with Crippen molar-refractivity contribution < 1.29 is 9.52 Å². The number of nitrogens with two attached hydrogens (primary N) is 1. The fourth-order valence-electron chi connectivity index (χ4n) is 1.71. The van der Waals surface area contributed by atoms with Gasteiger partial charge in [0, 0.05) is 6.08 Å². The van der Waals surface area contributed by atoms with E-state index in [4.69, 9.17) is 20.5 Å². The van der Waals surface area contributed by atoms with E-state index in [1.165, 1.54) is 17.0 Å². The highest BCUT2D eigenvalue weighted by atomic mass is 16.3. The molecule has 0 saturated carbocycles. The van der Waals surface area contributed by atoms with Crippen molar-refractivity contribution in [3.8, 4) is 12.1 Å². The van der Waals surface area contributed by atoms with Gasteiger partial charge in [0.05, 0.1) is 25.0 Å². The van der Waals surface area contributed by atoms with Gasteiger partial charge in [0.15, 0.2) is 0 Å². The number of allylic oxidation sites excluding steroid dienone is 1. The molecule has 3 N–H and O–H groups in total. The fraction of sp³-hybridized carbons (Fsp3) is 0.154. The summed E-state index contributed by atoms with van der Waals surface area (Å²) in [5, 5.41) is 31.4. The molecular weight excluding hydrogens is 258 g/mol. The number of aliphatic hydroxyl groups excluding tert-OH is 1. The Morgan fingerprint density at radius 3 is 2.90 bits per heavy atom. The maximum Gasteiger partial charge on any atom is 0.140 e. The van der Waals surface area contributed by atoms with Crippen LogP contribution in [0.1, 0.15) is 17.0 Å². The van der Waals surface area contributed by atoms with Crippen LogP contribution in [0.4, 0.5) is 5.82 Å². The first-order valence-corrected chi connectivity index (χ1v) is 5.74. The maximum absolute atomic E-state index is 9.22. The highest BCUT2D eigenvalue weighted by Crippen LogP contribution is 2.24. The van der Waals surface area contributed by atoms with Gasteiger partial charge in [-0.2, -0.15) is 15.6 Å². The van der Waals surface area contributed by atoms with Gasteiger partial charge in [-0.1, -0.05) is 0 Å². The summed E-state index contributed by atoms with van der Waals surface area (Å²) in [6, 6.07) is 7.26. The van der Waals surface area contributed by atoms with Crippen LogP contribution in [0.25, 0.3) is 11.6 Å². The molecule has 20 heavy (non-hydrogen) atoms. The molecule has 0 aliphatic heterocycles. The first kappa shape index (κ1) is 13.4. The molecular formula is C13H11N5O2. The van der Waals surface area contributed by atoms with Crippen LogP contribution in [-0.2, 0) is 6.54 Å². The highest BCUT2D eigenvalue weighted by Gasteiger charge is 2.18. The number of aliphatic hydroxyl groups is 1. The molecule has 7 nitrogen and oxygen atoms in total. The lowest BCUT2D eigenvalue weighted by molar-refractivity contribution is 0.270. The molecule has 0 aliphatic rings. The predicted molar refractivity (Wildman–Crippen MR) is 70.6 cm³/mol. The Balaban J connectivity index is 2.54. The SMILES string of the molecule is N#C/C(=C/c1ccco1)c1nn(CCO)c(N)c1C#N. The van der Waals surface area contributed by atoms with Gasteiger partial charge in [0.1, 0.15) is 35.0 Å². The van der Waals surface area contributed by atoms with E-state index in [-0.39, 0.29) is 35.8 Å². The quantitative estimate of drug-likeness (QED) is 0.797. The largest absolute Gasteiger partial charge is 0.465 e. The normalized spacial score (nSPS) is 11.1. The van der Waals surface area contributed by atoms with E-state index in [1.807, 2.05) is 12.1 Å². The van der Waals surface area contributed by atoms with E-state index in [0.29, 0.717) is 5.76 Å². The molecule has 0 amide bonds. The van der Waals surface area contributed by atoms with Crippen LogP contribution in [0.3, 0.4) is 0 Å². The summed E-state index contributed by atoms with van der Waals surface area (Å²) in [6.07, 6.45) is 2.96. The van der Waals surface area contributed by atoms with Crippen LogP contribution in [0.15, 0.2) is 22.8 Å². The minimum atomic E-state index is -0.167. The van der Waals surface area contributed by atoms with E-state index < -0.39 is 0 Å². The van der Waals surface area contributed by atoms with E-state index in [0.717, 1.165) is 0 Å². The second kappa shape index (κ2) is 5.74. The summed E-state index contributed by atoms with van der Waals surface area (Å²) >= 11 is 0. The molecule has 0 unspecified atom stereocenters. The molecule has 2 aromatic rings. The first-order chi connectivity index (χ1) is 9.71. The number of anilines is 1. The maximum atomic E-state index is 9.22. The van der Waals surface area contributed by atoms with Crippen molar-refractivity contribution in [2.45, 2.75) is 6.54 Å². The number of hydrogen-bond donors (Lipinski definition) is 2. The summed E-state index contributed by atoms with van der Waals surface area (Å²) in [6.45, 7) is -0.0139. The Hall–Kier alpha value is -3.03. The molecule has 0 spiro atoms. The molecule has 0 atom stereocenters. The van der Waals surface area contributed by atoms with Gasteiger partial charge in [-0.05, 0) is 12.1 Å².